The highest BCUT2D eigenvalue weighted by atomic mass is 35.5. The van der Waals surface area contributed by atoms with Gasteiger partial charge in [0.05, 0.1) is 17.9 Å². The van der Waals surface area contributed by atoms with E-state index < -0.39 is 77.7 Å². The van der Waals surface area contributed by atoms with Crippen molar-refractivity contribution in [2.75, 3.05) is 24.7 Å². The van der Waals surface area contributed by atoms with Gasteiger partial charge in [0.2, 0.25) is 0 Å². The monoisotopic (exact) mass is 612 g/mol. The van der Waals surface area contributed by atoms with Gasteiger partial charge in [-0.3, -0.25) is 4.79 Å². The minimum atomic E-state index is -5.63. The summed E-state index contributed by atoms with van der Waals surface area (Å²) in [5.41, 5.74) is -1.84. The molecule has 1 aromatic heterocycles. The van der Waals surface area contributed by atoms with Crippen LogP contribution in [-0.4, -0.2) is 60.7 Å². The van der Waals surface area contributed by atoms with Gasteiger partial charge in [0, 0.05) is 27.2 Å². The van der Waals surface area contributed by atoms with E-state index in [2.05, 4.69) is 9.82 Å². The number of fused-ring (bicyclic) bond motifs is 1. The fraction of sp³-hybridized carbons (Fsp3) is 0.318. The number of nitrogens with zero attached hydrogens (tertiary/aromatic N) is 4. The molecule has 40 heavy (non-hydrogen) atoms. The fourth-order valence-electron chi connectivity index (χ4n) is 3.73. The van der Waals surface area contributed by atoms with Gasteiger partial charge in [0.25, 0.3) is 5.56 Å². The van der Waals surface area contributed by atoms with E-state index >= 15 is 4.39 Å². The van der Waals surface area contributed by atoms with Gasteiger partial charge < -0.3 is 18.9 Å². The highest BCUT2D eigenvalue weighted by Crippen LogP contribution is 2.42. The maximum absolute atomic E-state index is 15.2. The summed E-state index contributed by atoms with van der Waals surface area (Å²) in [6.45, 7) is -0.541. The molecule has 0 radical (unpaired) electrons. The van der Waals surface area contributed by atoms with Crippen molar-refractivity contribution in [3.63, 3.8) is 0 Å². The minimum absolute atomic E-state index is 0.0652. The lowest BCUT2D eigenvalue weighted by molar-refractivity contribution is -0.199. The molecule has 1 saturated heterocycles. The third kappa shape index (κ3) is 5.41. The van der Waals surface area contributed by atoms with Crippen LogP contribution in [0.4, 0.5) is 27.6 Å². The van der Waals surface area contributed by atoms with E-state index in [1.807, 2.05) is 0 Å². The van der Waals surface area contributed by atoms with Crippen LogP contribution >= 0.6 is 11.6 Å². The molecule has 18 heteroatoms. The molecule has 0 unspecified atom stereocenters. The number of carbonyl (C=O) groups excluding carboxylic acids is 1. The van der Waals surface area contributed by atoms with Gasteiger partial charge >= 0.3 is 22.4 Å². The summed E-state index contributed by atoms with van der Waals surface area (Å²) in [6.07, 6.45) is -4.95. The molecule has 0 aliphatic carbocycles. The molecule has 0 N–H and O–H groups in total. The molecule has 0 bridgehead atoms. The molecule has 0 amide bonds. The van der Waals surface area contributed by atoms with E-state index in [4.69, 9.17) is 21.1 Å². The number of aryl methyl sites for hydroxylation is 1. The van der Waals surface area contributed by atoms with E-state index in [1.54, 1.807) is 0 Å². The van der Waals surface area contributed by atoms with Gasteiger partial charge in [-0.25, -0.2) is 18.6 Å². The number of hydrogen-bond donors (Lipinski definition) is 0. The average Bonchev–Trinajstić information content (AvgIpc) is 3.38. The lowest BCUT2D eigenvalue weighted by atomic mass is 10.2. The Balaban J connectivity index is 1.82. The van der Waals surface area contributed by atoms with Crippen LogP contribution in [0.25, 0.3) is 10.9 Å². The molecule has 2 heterocycles. The SMILES string of the molecule is CO[C@@H]1CCN(S(=O)(=O)N(OC(=O)C(F)(F)F)c2ccc(F)c(Oc3ccc4ncn(C)c(=O)c4c3F)c2Cl)C1. The Morgan fingerprint density at radius 1 is 1.20 bits per heavy atom. The first kappa shape index (κ1) is 29.4. The zero-order valence-corrected chi connectivity index (χ0v) is 22.0. The molecule has 1 atom stereocenters. The topological polar surface area (TPSA) is 120 Å². The molecule has 216 valence electrons. The normalized spacial score (nSPS) is 16.4. The van der Waals surface area contributed by atoms with Crippen molar-refractivity contribution in [1.82, 2.24) is 13.9 Å². The van der Waals surface area contributed by atoms with Gasteiger partial charge in [-0.15, -0.1) is 0 Å². The third-order valence-electron chi connectivity index (χ3n) is 5.80. The lowest BCUT2D eigenvalue weighted by Crippen LogP contribution is -2.46. The molecule has 2 aromatic carbocycles. The zero-order valence-electron chi connectivity index (χ0n) is 20.4. The molecule has 1 aliphatic heterocycles. The van der Waals surface area contributed by atoms with E-state index in [9.17, 15) is 35.6 Å². The zero-order chi connectivity index (χ0) is 29.6. The Bertz CT molecular complexity index is 1650. The molecular formula is C22H18ClF5N4O7S. The van der Waals surface area contributed by atoms with Crippen molar-refractivity contribution < 1.29 is 49.5 Å². The van der Waals surface area contributed by atoms with Gasteiger partial charge in [-0.05, 0) is 30.7 Å². The van der Waals surface area contributed by atoms with Crippen LogP contribution < -0.4 is 14.8 Å². The van der Waals surface area contributed by atoms with Crippen LogP contribution in [0.5, 0.6) is 11.5 Å². The molecule has 1 fully saturated rings. The standard InChI is InChI=1S/C22H18ClF5N4O7S/c1-30-10-29-13-4-6-15(18(25)16(13)20(30)33)38-19-12(24)3-5-14(17(19)23)32(39-21(34)22(26,27)28)40(35,36)31-8-7-11(9-31)37-2/h3-6,10-11H,7-9H2,1-2H3/t11-/m1/s1. The summed E-state index contributed by atoms with van der Waals surface area (Å²) in [6, 6.07) is 3.31. The largest absolute Gasteiger partial charge is 0.493 e. The van der Waals surface area contributed by atoms with Gasteiger partial charge in [0.15, 0.2) is 23.1 Å². The minimum Gasteiger partial charge on any atom is -0.449 e. The Morgan fingerprint density at radius 3 is 2.52 bits per heavy atom. The second kappa shape index (κ2) is 10.8. The molecule has 3 aromatic rings. The van der Waals surface area contributed by atoms with Crippen LogP contribution in [0.1, 0.15) is 6.42 Å². The fourth-order valence-corrected chi connectivity index (χ4v) is 5.51. The first-order chi connectivity index (χ1) is 18.7. The summed E-state index contributed by atoms with van der Waals surface area (Å²) in [5, 5.41) is -1.53. The van der Waals surface area contributed by atoms with E-state index in [-0.39, 0.29) is 25.0 Å². The van der Waals surface area contributed by atoms with Crippen LogP contribution in [0.15, 0.2) is 35.4 Å². The summed E-state index contributed by atoms with van der Waals surface area (Å²) < 4.78 is 107. The molecule has 0 saturated carbocycles. The highest BCUT2D eigenvalue weighted by molar-refractivity contribution is 7.90. The van der Waals surface area contributed by atoms with Crippen LogP contribution in [0.3, 0.4) is 0 Å². The number of aromatic nitrogens is 2. The summed E-state index contributed by atoms with van der Waals surface area (Å²) in [7, 11) is -2.48. The Morgan fingerprint density at radius 2 is 1.90 bits per heavy atom. The maximum atomic E-state index is 15.2. The number of methoxy groups -OCH3 is 1. The van der Waals surface area contributed by atoms with Crippen LogP contribution in [0.2, 0.25) is 5.02 Å². The Hall–Kier alpha value is -3.54. The van der Waals surface area contributed by atoms with Gasteiger partial charge in [-0.2, -0.15) is 25.9 Å². The summed E-state index contributed by atoms with van der Waals surface area (Å²) in [4.78, 5) is 32.2. The number of halogens is 6. The molecule has 1 aliphatic rings. The maximum Gasteiger partial charge on any atom is 0.493 e. The van der Waals surface area contributed by atoms with E-state index in [0.717, 1.165) is 17.0 Å². The molecular weight excluding hydrogens is 595 g/mol. The number of anilines is 1. The van der Waals surface area contributed by atoms with Crippen molar-refractivity contribution in [1.29, 1.82) is 0 Å². The molecule has 11 nitrogen and oxygen atoms in total. The van der Waals surface area contributed by atoms with Gasteiger partial charge in [-0.1, -0.05) is 16.1 Å². The third-order valence-corrected chi connectivity index (χ3v) is 7.84. The number of carbonyl (C=O) groups is 1. The second-order valence-electron chi connectivity index (χ2n) is 8.36. The second-order valence-corrected chi connectivity index (χ2v) is 10.5. The van der Waals surface area contributed by atoms with Crippen molar-refractivity contribution in [3.05, 3.63) is 57.6 Å². The Kier molecular flexibility index (Phi) is 7.94. The van der Waals surface area contributed by atoms with Crippen molar-refractivity contribution in [3.8, 4) is 11.5 Å². The van der Waals surface area contributed by atoms with E-state index in [0.29, 0.717) is 16.4 Å². The molecule has 4 rings (SSSR count). The highest BCUT2D eigenvalue weighted by Gasteiger charge is 2.47. The van der Waals surface area contributed by atoms with Crippen LogP contribution in [0, 0.1) is 11.6 Å². The number of alkyl halides is 3. The van der Waals surface area contributed by atoms with Crippen molar-refractivity contribution in [2.45, 2.75) is 18.7 Å². The van der Waals surface area contributed by atoms with Gasteiger partial charge in [0.1, 0.15) is 16.1 Å². The van der Waals surface area contributed by atoms with E-state index in [1.165, 1.54) is 20.2 Å². The number of benzene rings is 2. The predicted molar refractivity (Wildman–Crippen MR) is 129 cm³/mol. The number of ether oxygens (including phenoxy) is 2. The van der Waals surface area contributed by atoms with Crippen molar-refractivity contribution >= 4 is 44.4 Å². The summed E-state index contributed by atoms with van der Waals surface area (Å²) in [5.74, 6) is -7.29. The Labute approximate surface area is 227 Å². The predicted octanol–water partition coefficient (Wildman–Crippen LogP) is 3.45. The van der Waals surface area contributed by atoms with Crippen molar-refractivity contribution in [2.24, 2.45) is 7.05 Å². The summed E-state index contributed by atoms with van der Waals surface area (Å²) >= 11 is 6.16. The number of rotatable bonds is 7. The number of hydrogen-bond acceptors (Lipinski definition) is 8. The average molecular weight is 613 g/mol. The first-order valence-electron chi connectivity index (χ1n) is 11.1. The first-order valence-corrected chi connectivity index (χ1v) is 12.9. The lowest BCUT2D eigenvalue weighted by Gasteiger charge is -2.28. The smallest absolute Gasteiger partial charge is 0.449 e. The molecule has 0 spiro atoms. The van der Waals surface area contributed by atoms with Crippen LogP contribution in [-0.2, 0) is 31.6 Å². The quantitative estimate of drug-likeness (QED) is 0.294.